The van der Waals surface area contributed by atoms with Gasteiger partial charge in [0.2, 0.25) is 6.79 Å². The topological polar surface area (TPSA) is 73.6 Å². The maximum Gasteiger partial charge on any atom is 0.251 e. The average Bonchev–Trinajstić information content (AvgIpc) is 2.88. The Balaban J connectivity index is 0.00000147. The van der Waals surface area contributed by atoms with Crippen molar-refractivity contribution < 1.29 is 14.3 Å². The van der Waals surface area contributed by atoms with Gasteiger partial charge in [0, 0.05) is 17.6 Å². The number of carbonyl (C=O) groups is 1. The van der Waals surface area contributed by atoms with Gasteiger partial charge in [0.05, 0.1) is 0 Å². The first-order valence-electron chi connectivity index (χ1n) is 6.70. The number of fused-ring (bicyclic) bond motifs is 1. The van der Waals surface area contributed by atoms with Crippen molar-refractivity contribution in [2.75, 3.05) is 6.79 Å². The second-order valence-electron chi connectivity index (χ2n) is 5.10. The van der Waals surface area contributed by atoms with Crippen LogP contribution in [0.5, 0.6) is 11.5 Å². The van der Waals surface area contributed by atoms with E-state index in [1.165, 1.54) is 0 Å². The normalized spacial score (nSPS) is 23.9. The van der Waals surface area contributed by atoms with E-state index in [9.17, 15) is 4.79 Å². The lowest BCUT2D eigenvalue weighted by Gasteiger charge is -2.29. The Labute approximate surface area is 124 Å². The zero-order chi connectivity index (χ0) is 13.2. The molecule has 2 atom stereocenters. The predicted molar refractivity (Wildman–Crippen MR) is 77.5 cm³/mol. The van der Waals surface area contributed by atoms with Gasteiger partial charge in [-0.05, 0) is 31.0 Å². The molecular formula is C14H19ClN2O3. The molecule has 2 aliphatic rings. The number of halogens is 1. The van der Waals surface area contributed by atoms with E-state index >= 15 is 0 Å². The van der Waals surface area contributed by atoms with Gasteiger partial charge in [0.1, 0.15) is 0 Å². The lowest BCUT2D eigenvalue weighted by molar-refractivity contribution is 0.0921. The molecule has 0 aromatic heterocycles. The van der Waals surface area contributed by atoms with Crippen LogP contribution in [0.1, 0.15) is 36.0 Å². The lowest BCUT2D eigenvalue weighted by Crippen LogP contribution is -2.49. The minimum atomic E-state index is -0.0966. The number of hydrogen-bond donors (Lipinski definition) is 2. The molecule has 1 aromatic carbocycles. The van der Waals surface area contributed by atoms with E-state index in [0.29, 0.717) is 17.1 Å². The summed E-state index contributed by atoms with van der Waals surface area (Å²) in [6.45, 7) is 0.216. The van der Waals surface area contributed by atoms with Crippen LogP contribution < -0.4 is 20.5 Å². The Morgan fingerprint density at radius 1 is 1.20 bits per heavy atom. The molecule has 0 radical (unpaired) electrons. The van der Waals surface area contributed by atoms with Gasteiger partial charge in [0.15, 0.2) is 11.5 Å². The largest absolute Gasteiger partial charge is 0.454 e. The summed E-state index contributed by atoms with van der Waals surface area (Å²) in [6, 6.07) is 5.36. The van der Waals surface area contributed by atoms with Crippen LogP contribution in [0.4, 0.5) is 0 Å². The Hall–Kier alpha value is -1.46. The maximum atomic E-state index is 12.2. The number of nitrogens with two attached hydrogens (primary N) is 1. The molecule has 0 bridgehead atoms. The molecule has 0 saturated heterocycles. The standard InChI is InChI=1S/C14H18N2O3.ClH/c15-10-3-1-2-4-11(10)16-14(17)9-5-6-12-13(7-9)19-8-18-12;/h5-7,10-11H,1-4,8,15H2,(H,16,17);1H. The molecule has 1 heterocycles. The molecule has 1 amide bonds. The van der Waals surface area contributed by atoms with Crippen LogP contribution in [0.3, 0.4) is 0 Å². The summed E-state index contributed by atoms with van der Waals surface area (Å²) in [7, 11) is 0. The number of hydrogen-bond acceptors (Lipinski definition) is 4. The molecule has 5 nitrogen and oxygen atoms in total. The molecule has 1 aromatic rings. The van der Waals surface area contributed by atoms with Gasteiger partial charge in [-0.15, -0.1) is 12.4 Å². The number of ether oxygens (including phenoxy) is 2. The third-order valence-electron chi connectivity index (χ3n) is 3.77. The van der Waals surface area contributed by atoms with Crippen molar-refractivity contribution in [1.82, 2.24) is 5.32 Å². The first kappa shape index (κ1) is 14.9. The van der Waals surface area contributed by atoms with Crippen LogP contribution in [-0.2, 0) is 0 Å². The molecular weight excluding hydrogens is 280 g/mol. The highest BCUT2D eigenvalue weighted by molar-refractivity contribution is 5.95. The fourth-order valence-corrected chi connectivity index (χ4v) is 2.63. The third kappa shape index (κ3) is 2.99. The highest BCUT2D eigenvalue weighted by Crippen LogP contribution is 2.32. The Morgan fingerprint density at radius 3 is 2.75 bits per heavy atom. The van der Waals surface area contributed by atoms with Gasteiger partial charge in [-0.1, -0.05) is 12.8 Å². The fraction of sp³-hybridized carbons (Fsp3) is 0.500. The van der Waals surface area contributed by atoms with Crippen LogP contribution in [0.2, 0.25) is 0 Å². The molecule has 1 aliphatic carbocycles. The van der Waals surface area contributed by atoms with Gasteiger partial charge >= 0.3 is 0 Å². The van der Waals surface area contributed by atoms with Crippen LogP contribution in [0.15, 0.2) is 18.2 Å². The van der Waals surface area contributed by atoms with E-state index in [1.54, 1.807) is 18.2 Å². The quantitative estimate of drug-likeness (QED) is 0.874. The van der Waals surface area contributed by atoms with E-state index < -0.39 is 0 Å². The maximum absolute atomic E-state index is 12.2. The fourth-order valence-electron chi connectivity index (χ4n) is 2.63. The van der Waals surface area contributed by atoms with Crippen molar-refractivity contribution in [3.05, 3.63) is 23.8 Å². The number of amides is 1. The van der Waals surface area contributed by atoms with Gasteiger partial charge in [0.25, 0.3) is 5.91 Å². The van der Waals surface area contributed by atoms with E-state index in [2.05, 4.69) is 5.32 Å². The van der Waals surface area contributed by atoms with Gasteiger partial charge in [-0.25, -0.2) is 0 Å². The second kappa shape index (κ2) is 6.33. The first-order valence-corrected chi connectivity index (χ1v) is 6.70. The van der Waals surface area contributed by atoms with Crippen LogP contribution in [0.25, 0.3) is 0 Å². The Kier molecular flexibility index (Phi) is 4.73. The summed E-state index contributed by atoms with van der Waals surface area (Å²) in [5, 5.41) is 3.02. The predicted octanol–water partition coefficient (Wildman–Crippen LogP) is 1.84. The summed E-state index contributed by atoms with van der Waals surface area (Å²) >= 11 is 0. The highest BCUT2D eigenvalue weighted by Gasteiger charge is 2.24. The summed E-state index contributed by atoms with van der Waals surface area (Å²) in [6.07, 6.45) is 4.21. The number of rotatable bonds is 2. The van der Waals surface area contributed by atoms with Gasteiger partial charge in [-0.3, -0.25) is 4.79 Å². The first-order chi connectivity index (χ1) is 9.24. The van der Waals surface area contributed by atoms with Crippen molar-refractivity contribution in [2.24, 2.45) is 5.73 Å². The molecule has 20 heavy (non-hydrogen) atoms. The molecule has 110 valence electrons. The van der Waals surface area contributed by atoms with Gasteiger partial charge in [-0.2, -0.15) is 0 Å². The number of nitrogens with one attached hydrogen (secondary N) is 1. The van der Waals surface area contributed by atoms with E-state index in [4.69, 9.17) is 15.2 Å². The third-order valence-corrected chi connectivity index (χ3v) is 3.77. The zero-order valence-electron chi connectivity index (χ0n) is 11.1. The van der Waals surface area contributed by atoms with Crippen LogP contribution in [0, 0.1) is 0 Å². The lowest BCUT2D eigenvalue weighted by atomic mass is 9.91. The summed E-state index contributed by atoms with van der Waals surface area (Å²) in [4.78, 5) is 12.2. The number of benzene rings is 1. The molecule has 1 aliphatic heterocycles. The van der Waals surface area contributed by atoms with Gasteiger partial charge < -0.3 is 20.5 Å². The average molecular weight is 299 g/mol. The van der Waals surface area contributed by atoms with Crippen LogP contribution >= 0.6 is 12.4 Å². The molecule has 3 N–H and O–H groups in total. The second-order valence-corrected chi connectivity index (χ2v) is 5.10. The monoisotopic (exact) mass is 298 g/mol. The van der Waals surface area contributed by atoms with Crippen molar-refractivity contribution in [2.45, 2.75) is 37.8 Å². The van der Waals surface area contributed by atoms with Crippen LogP contribution in [-0.4, -0.2) is 24.8 Å². The van der Waals surface area contributed by atoms with E-state index in [1.807, 2.05) is 0 Å². The number of carbonyl (C=O) groups excluding carboxylic acids is 1. The van der Waals surface area contributed by atoms with Crippen molar-refractivity contribution in [3.63, 3.8) is 0 Å². The molecule has 3 rings (SSSR count). The van der Waals surface area contributed by atoms with Crippen molar-refractivity contribution in [1.29, 1.82) is 0 Å². The molecule has 2 unspecified atom stereocenters. The minimum absolute atomic E-state index is 0. The molecule has 6 heteroatoms. The van der Waals surface area contributed by atoms with Crippen molar-refractivity contribution in [3.8, 4) is 11.5 Å². The molecule has 1 fully saturated rings. The Morgan fingerprint density at radius 2 is 1.95 bits per heavy atom. The highest BCUT2D eigenvalue weighted by atomic mass is 35.5. The van der Waals surface area contributed by atoms with E-state index in [0.717, 1.165) is 25.7 Å². The minimum Gasteiger partial charge on any atom is -0.454 e. The molecule has 1 saturated carbocycles. The van der Waals surface area contributed by atoms with Crippen molar-refractivity contribution >= 4 is 18.3 Å². The smallest absolute Gasteiger partial charge is 0.251 e. The summed E-state index contributed by atoms with van der Waals surface area (Å²) in [5.74, 6) is 1.21. The Bertz CT molecular complexity index is 495. The zero-order valence-corrected chi connectivity index (χ0v) is 11.9. The van der Waals surface area contributed by atoms with E-state index in [-0.39, 0.29) is 37.2 Å². The summed E-state index contributed by atoms with van der Waals surface area (Å²) in [5.41, 5.74) is 6.62. The SMILES string of the molecule is Cl.NC1CCCCC1NC(=O)c1ccc2c(c1)OCO2. The summed E-state index contributed by atoms with van der Waals surface area (Å²) < 4.78 is 10.5. The molecule has 0 spiro atoms.